The third kappa shape index (κ3) is 2.32. The van der Waals surface area contributed by atoms with Gasteiger partial charge in [-0.2, -0.15) is 10.1 Å². The van der Waals surface area contributed by atoms with Crippen molar-refractivity contribution in [2.24, 2.45) is 0 Å². The van der Waals surface area contributed by atoms with Crippen molar-refractivity contribution >= 4 is 16.6 Å². The summed E-state index contributed by atoms with van der Waals surface area (Å²) in [4.78, 5) is 16.2. The Labute approximate surface area is 151 Å². The average Bonchev–Trinajstić information content (AvgIpc) is 3.37. The lowest BCUT2D eigenvalue weighted by atomic mass is 10.1. The molecule has 134 valence electrons. The van der Waals surface area contributed by atoms with Crippen LogP contribution in [-0.4, -0.2) is 31.8 Å². The molecule has 5 rings (SSSR count). The molecule has 0 aliphatic heterocycles. The zero-order chi connectivity index (χ0) is 18.5. The molecule has 1 aromatic carbocycles. The maximum atomic E-state index is 11.8. The Morgan fingerprint density at radius 1 is 1.22 bits per heavy atom. The van der Waals surface area contributed by atoms with Crippen LogP contribution in [-0.2, 0) is 0 Å². The van der Waals surface area contributed by atoms with E-state index in [0.717, 1.165) is 5.39 Å². The van der Waals surface area contributed by atoms with Crippen LogP contribution in [0.25, 0.3) is 39.5 Å². The fraction of sp³-hybridized carbons (Fsp3) is 0.111. The molecule has 0 aliphatic rings. The number of nitrogens with one attached hydrogen (secondary N) is 1. The minimum absolute atomic E-state index is 0.328. The number of ether oxygens (including phenoxy) is 1. The third-order valence-corrected chi connectivity index (χ3v) is 4.38. The van der Waals surface area contributed by atoms with E-state index in [4.69, 9.17) is 13.7 Å². The van der Waals surface area contributed by atoms with Gasteiger partial charge in [-0.25, -0.2) is 14.3 Å². The summed E-state index contributed by atoms with van der Waals surface area (Å²) in [6.07, 6.45) is 1.61. The SMILES string of the molecule is COc1ccc2oc(C)c(-c3nc(-c4ccc5n[nH]c(=O)n5c4)no3)c2c1. The number of benzene rings is 1. The Morgan fingerprint density at radius 2 is 2.11 bits per heavy atom. The van der Waals surface area contributed by atoms with Crippen LogP contribution in [0.15, 0.2) is 50.3 Å². The number of rotatable bonds is 3. The molecule has 4 heterocycles. The van der Waals surface area contributed by atoms with Gasteiger partial charge in [0.05, 0.1) is 12.7 Å². The van der Waals surface area contributed by atoms with Gasteiger partial charge in [0, 0.05) is 17.1 Å². The minimum atomic E-state index is -0.334. The Morgan fingerprint density at radius 3 is 2.96 bits per heavy atom. The smallest absolute Gasteiger partial charge is 0.347 e. The topological polar surface area (TPSA) is 111 Å². The molecular weight excluding hydrogens is 350 g/mol. The van der Waals surface area contributed by atoms with Gasteiger partial charge in [0.1, 0.15) is 17.1 Å². The first-order valence-electron chi connectivity index (χ1n) is 8.12. The highest BCUT2D eigenvalue weighted by atomic mass is 16.5. The molecule has 0 atom stereocenters. The summed E-state index contributed by atoms with van der Waals surface area (Å²) in [5.74, 6) is 2.05. The molecule has 4 aromatic heterocycles. The molecule has 0 bridgehead atoms. The van der Waals surface area contributed by atoms with E-state index in [0.29, 0.717) is 45.6 Å². The number of aromatic nitrogens is 5. The van der Waals surface area contributed by atoms with Crippen LogP contribution in [0.4, 0.5) is 0 Å². The largest absolute Gasteiger partial charge is 0.497 e. The van der Waals surface area contributed by atoms with E-state index in [9.17, 15) is 4.79 Å². The molecule has 0 fully saturated rings. The van der Waals surface area contributed by atoms with Gasteiger partial charge < -0.3 is 13.7 Å². The second-order valence-corrected chi connectivity index (χ2v) is 5.99. The van der Waals surface area contributed by atoms with Crippen LogP contribution in [0, 0.1) is 6.92 Å². The number of nitrogens with zero attached hydrogens (tertiary/aromatic N) is 4. The summed E-state index contributed by atoms with van der Waals surface area (Å²) >= 11 is 0. The zero-order valence-corrected chi connectivity index (χ0v) is 14.4. The maximum absolute atomic E-state index is 11.8. The second-order valence-electron chi connectivity index (χ2n) is 5.99. The Balaban J connectivity index is 1.64. The van der Waals surface area contributed by atoms with Crippen molar-refractivity contribution < 1.29 is 13.7 Å². The van der Waals surface area contributed by atoms with Crippen LogP contribution < -0.4 is 10.4 Å². The summed E-state index contributed by atoms with van der Waals surface area (Å²) in [5.41, 5.74) is 2.22. The molecule has 1 N–H and O–H groups in total. The lowest BCUT2D eigenvalue weighted by molar-refractivity contribution is 0.415. The Hall–Kier alpha value is -3.88. The number of aromatic amines is 1. The number of hydrogen-bond acceptors (Lipinski definition) is 7. The van der Waals surface area contributed by atoms with Crippen LogP contribution in [0.5, 0.6) is 5.75 Å². The van der Waals surface area contributed by atoms with Gasteiger partial charge in [-0.15, -0.1) is 0 Å². The van der Waals surface area contributed by atoms with Crippen molar-refractivity contribution in [1.82, 2.24) is 24.7 Å². The monoisotopic (exact) mass is 363 g/mol. The molecule has 0 saturated carbocycles. The first-order chi connectivity index (χ1) is 13.1. The van der Waals surface area contributed by atoms with E-state index in [1.165, 1.54) is 4.40 Å². The molecule has 0 radical (unpaired) electrons. The van der Waals surface area contributed by atoms with E-state index >= 15 is 0 Å². The molecule has 0 unspecified atom stereocenters. The second kappa shape index (κ2) is 5.56. The average molecular weight is 363 g/mol. The molecule has 27 heavy (non-hydrogen) atoms. The van der Waals surface area contributed by atoms with E-state index in [2.05, 4.69) is 20.3 Å². The number of furan rings is 1. The number of aryl methyl sites for hydroxylation is 1. The fourth-order valence-corrected chi connectivity index (χ4v) is 3.07. The molecule has 0 amide bonds. The number of H-pyrrole nitrogens is 1. The molecule has 5 aromatic rings. The maximum Gasteiger partial charge on any atom is 0.347 e. The van der Waals surface area contributed by atoms with Gasteiger partial charge in [-0.3, -0.25) is 0 Å². The van der Waals surface area contributed by atoms with Crippen LogP contribution in [0.3, 0.4) is 0 Å². The van der Waals surface area contributed by atoms with Gasteiger partial charge >= 0.3 is 5.69 Å². The highest BCUT2D eigenvalue weighted by Crippen LogP contribution is 2.36. The van der Waals surface area contributed by atoms with Crippen molar-refractivity contribution in [1.29, 1.82) is 0 Å². The van der Waals surface area contributed by atoms with Gasteiger partial charge in [0.25, 0.3) is 5.89 Å². The zero-order valence-electron chi connectivity index (χ0n) is 14.4. The van der Waals surface area contributed by atoms with Gasteiger partial charge in [0.15, 0.2) is 5.65 Å². The quantitative estimate of drug-likeness (QED) is 0.524. The van der Waals surface area contributed by atoms with Crippen molar-refractivity contribution in [3.63, 3.8) is 0 Å². The highest BCUT2D eigenvalue weighted by Gasteiger charge is 2.20. The van der Waals surface area contributed by atoms with Crippen molar-refractivity contribution in [2.75, 3.05) is 7.11 Å². The van der Waals surface area contributed by atoms with Crippen molar-refractivity contribution in [3.8, 4) is 28.6 Å². The van der Waals surface area contributed by atoms with E-state index in [1.54, 1.807) is 25.4 Å². The lowest BCUT2D eigenvalue weighted by Gasteiger charge is -1.98. The minimum Gasteiger partial charge on any atom is -0.497 e. The summed E-state index contributed by atoms with van der Waals surface area (Å²) in [7, 11) is 1.60. The first kappa shape index (κ1) is 15.4. The molecule has 9 heteroatoms. The standard InChI is InChI=1S/C18H13N5O4/c1-9-15(12-7-11(25-2)4-5-13(12)26-9)17-19-16(22-27-17)10-3-6-14-20-21-18(24)23(14)8-10/h3-8H,1-2H3,(H,21,24). The van der Waals surface area contributed by atoms with Gasteiger partial charge in [0.2, 0.25) is 5.82 Å². The lowest BCUT2D eigenvalue weighted by Crippen LogP contribution is -2.08. The molecule has 0 saturated heterocycles. The molecule has 9 nitrogen and oxygen atoms in total. The van der Waals surface area contributed by atoms with Crippen LogP contribution in [0.1, 0.15) is 5.76 Å². The Kier molecular flexibility index (Phi) is 3.17. The number of pyridine rings is 1. The van der Waals surface area contributed by atoms with E-state index < -0.39 is 0 Å². The predicted octanol–water partition coefficient (Wildman–Crippen LogP) is 2.80. The van der Waals surface area contributed by atoms with Crippen molar-refractivity contribution in [3.05, 3.63) is 52.8 Å². The van der Waals surface area contributed by atoms with E-state index in [1.807, 2.05) is 25.1 Å². The normalized spacial score (nSPS) is 11.5. The highest BCUT2D eigenvalue weighted by molar-refractivity contribution is 5.94. The molecular formula is C18H13N5O4. The number of methoxy groups -OCH3 is 1. The van der Waals surface area contributed by atoms with Crippen LogP contribution >= 0.6 is 0 Å². The Bertz CT molecular complexity index is 1360. The van der Waals surface area contributed by atoms with E-state index in [-0.39, 0.29) is 5.69 Å². The van der Waals surface area contributed by atoms with Gasteiger partial charge in [-0.1, -0.05) is 5.16 Å². The fourth-order valence-electron chi connectivity index (χ4n) is 3.07. The summed E-state index contributed by atoms with van der Waals surface area (Å²) in [6.45, 7) is 1.84. The van der Waals surface area contributed by atoms with Crippen LogP contribution in [0.2, 0.25) is 0 Å². The summed E-state index contributed by atoms with van der Waals surface area (Å²) < 4.78 is 17.9. The molecule has 0 spiro atoms. The van der Waals surface area contributed by atoms with Crippen molar-refractivity contribution in [2.45, 2.75) is 6.92 Å². The summed E-state index contributed by atoms with van der Waals surface area (Å²) in [5, 5.41) is 11.2. The number of hydrogen-bond donors (Lipinski definition) is 1. The third-order valence-electron chi connectivity index (χ3n) is 4.38. The first-order valence-corrected chi connectivity index (χ1v) is 8.12. The predicted molar refractivity (Wildman–Crippen MR) is 95.6 cm³/mol. The molecule has 0 aliphatic carbocycles. The summed E-state index contributed by atoms with van der Waals surface area (Å²) in [6, 6.07) is 9.00. The number of fused-ring (bicyclic) bond motifs is 2. The van der Waals surface area contributed by atoms with Gasteiger partial charge in [-0.05, 0) is 37.3 Å².